The van der Waals surface area contributed by atoms with Crippen LogP contribution in [0.1, 0.15) is 18.4 Å². The van der Waals surface area contributed by atoms with Gasteiger partial charge in [-0.1, -0.05) is 17.4 Å². The first-order valence-electron chi connectivity index (χ1n) is 7.14. The second kappa shape index (κ2) is 6.92. The summed E-state index contributed by atoms with van der Waals surface area (Å²) in [5.74, 6) is 0. The van der Waals surface area contributed by atoms with E-state index < -0.39 is 0 Å². The Hall–Kier alpha value is -0.880. The van der Waals surface area contributed by atoms with Crippen LogP contribution in [0.5, 0.6) is 0 Å². The number of hydrogen-bond donors (Lipinski definition) is 1. The fraction of sp³-hybridized carbons (Fsp3) is 0.533. The van der Waals surface area contributed by atoms with Crippen molar-refractivity contribution in [2.45, 2.75) is 25.4 Å². The van der Waals surface area contributed by atoms with E-state index in [1.165, 1.54) is 29.7 Å². The van der Waals surface area contributed by atoms with Gasteiger partial charge < -0.3 is 9.88 Å². The molecule has 1 saturated heterocycles. The summed E-state index contributed by atoms with van der Waals surface area (Å²) < 4.78 is 2.81. The third kappa shape index (κ3) is 3.48. The van der Waals surface area contributed by atoms with Gasteiger partial charge in [-0.05, 0) is 50.7 Å². The summed E-state index contributed by atoms with van der Waals surface area (Å²) in [6.07, 6.45) is 2.44. The Kier molecular flexibility index (Phi) is 5.43. The van der Waals surface area contributed by atoms with Crippen LogP contribution in [-0.4, -0.2) is 35.6 Å². The van der Waals surface area contributed by atoms with Crippen molar-refractivity contribution in [3.8, 4) is 0 Å². The highest BCUT2D eigenvalue weighted by Gasteiger charge is 2.17. The summed E-state index contributed by atoms with van der Waals surface area (Å²) in [6.45, 7) is 3.19. The van der Waals surface area contributed by atoms with Crippen molar-refractivity contribution in [2.75, 3.05) is 20.1 Å². The Morgan fingerprint density at radius 2 is 2.10 bits per heavy atom. The van der Waals surface area contributed by atoms with Gasteiger partial charge in [-0.25, -0.2) is 0 Å². The molecule has 4 nitrogen and oxygen atoms in total. The topological polar surface area (TPSA) is 37.3 Å². The molecular formula is C15H22ClN3OS. The quantitative estimate of drug-likeness (QED) is 0.939. The van der Waals surface area contributed by atoms with E-state index in [2.05, 4.69) is 35.5 Å². The number of aromatic nitrogens is 1. The minimum Gasteiger partial charge on any atom is -0.317 e. The first-order valence-corrected chi connectivity index (χ1v) is 7.96. The summed E-state index contributed by atoms with van der Waals surface area (Å²) in [4.78, 5) is 14.2. The van der Waals surface area contributed by atoms with Crippen LogP contribution in [0.3, 0.4) is 0 Å². The third-order valence-corrected chi connectivity index (χ3v) is 5.22. The van der Waals surface area contributed by atoms with E-state index in [-0.39, 0.29) is 17.3 Å². The Morgan fingerprint density at radius 3 is 2.81 bits per heavy atom. The van der Waals surface area contributed by atoms with Crippen molar-refractivity contribution in [3.05, 3.63) is 33.4 Å². The molecule has 0 saturated carbocycles. The summed E-state index contributed by atoms with van der Waals surface area (Å²) in [7, 11) is 4.04. The molecule has 3 rings (SSSR count). The van der Waals surface area contributed by atoms with Gasteiger partial charge in [-0.15, -0.1) is 12.4 Å². The number of rotatable bonds is 3. The maximum Gasteiger partial charge on any atom is 0.307 e. The van der Waals surface area contributed by atoms with Gasteiger partial charge >= 0.3 is 4.87 Å². The van der Waals surface area contributed by atoms with Gasteiger partial charge in [0.05, 0.1) is 10.2 Å². The number of nitrogens with one attached hydrogen (secondary N) is 1. The smallest absolute Gasteiger partial charge is 0.307 e. The Bertz CT molecular complexity index is 660. The maximum atomic E-state index is 11.7. The van der Waals surface area contributed by atoms with Crippen LogP contribution in [0.15, 0.2) is 23.0 Å². The molecule has 2 heterocycles. The molecule has 1 aliphatic rings. The van der Waals surface area contributed by atoms with Crippen LogP contribution in [0, 0.1) is 0 Å². The molecule has 1 N–H and O–H groups in total. The van der Waals surface area contributed by atoms with Crippen molar-refractivity contribution in [3.63, 3.8) is 0 Å². The molecule has 0 atom stereocenters. The number of thiazole rings is 1. The molecule has 1 aliphatic heterocycles. The lowest BCUT2D eigenvalue weighted by Gasteiger charge is -2.31. The average Bonchev–Trinajstić information content (AvgIpc) is 2.74. The van der Waals surface area contributed by atoms with Gasteiger partial charge in [0.2, 0.25) is 0 Å². The normalized spacial score (nSPS) is 16.3. The van der Waals surface area contributed by atoms with E-state index in [0.717, 1.165) is 29.9 Å². The minimum absolute atomic E-state index is 0. The zero-order chi connectivity index (χ0) is 14.1. The van der Waals surface area contributed by atoms with E-state index in [0.29, 0.717) is 6.04 Å². The van der Waals surface area contributed by atoms with Crippen LogP contribution >= 0.6 is 23.7 Å². The van der Waals surface area contributed by atoms with Gasteiger partial charge in [-0.2, -0.15) is 0 Å². The van der Waals surface area contributed by atoms with Crippen LogP contribution in [0.2, 0.25) is 0 Å². The minimum atomic E-state index is 0. The van der Waals surface area contributed by atoms with Crippen LogP contribution < -0.4 is 10.2 Å². The van der Waals surface area contributed by atoms with E-state index >= 15 is 0 Å². The average molecular weight is 328 g/mol. The van der Waals surface area contributed by atoms with Gasteiger partial charge in [0.15, 0.2) is 0 Å². The molecule has 0 spiro atoms. The molecule has 0 bridgehead atoms. The molecule has 116 valence electrons. The lowest BCUT2D eigenvalue weighted by molar-refractivity contribution is 0.192. The van der Waals surface area contributed by atoms with E-state index in [1.54, 1.807) is 4.57 Å². The highest BCUT2D eigenvalue weighted by atomic mass is 35.5. The van der Waals surface area contributed by atoms with E-state index in [1.807, 2.05) is 7.05 Å². The van der Waals surface area contributed by atoms with Gasteiger partial charge in [0.25, 0.3) is 0 Å². The van der Waals surface area contributed by atoms with Crippen molar-refractivity contribution in [2.24, 2.45) is 7.05 Å². The van der Waals surface area contributed by atoms with Gasteiger partial charge in [0, 0.05) is 19.6 Å². The molecule has 0 amide bonds. The molecular weight excluding hydrogens is 306 g/mol. The van der Waals surface area contributed by atoms with Crippen molar-refractivity contribution < 1.29 is 0 Å². The molecule has 1 aromatic heterocycles. The SMILES string of the molecule is CN(Cc1ccc2c(c1)sc(=O)n2C)C1CCNCC1.Cl. The lowest BCUT2D eigenvalue weighted by atomic mass is 10.0. The van der Waals surface area contributed by atoms with Crippen molar-refractivity contribution in [1.82, 2.24) is 14.8 Å². The first kappa shape index (κ1) is 16.5. The molecule has 2 aromatic rings. The number of halogens is 1. The fourth-order valence-corrected chi connectivity index (χ4v) is 3.88. The number of piperidine rings is 1. The molecule has 6 heteroatoms. The molecule has 1 fully saturated rings. The monoisotopic (exact) mass is 327 g/mol. The zero-order valence-electron chi connectivity index (χ0n) is 12.5. The predicted octanol–water partition coefficient (Wildman–Crippen LogP) is 2.21. The van der Waals surface area contributed by atoms with Crippen LogP contribution in [0.25, 0.3) is 10.2 Å². The lowest BCUT2D eigenvalue weighted by Crippen LogP contribution is -2.40. The number of fused-ring (bicyclic) bond motifs is 1. The fourth-order valence-electron chi connectivity index (χ4n) is 2.94. The van der Waals surface area contributed by atoms with Crippen molar-refractivity contribution in [1.29, 1.82) is 0 Å². The number of nitrogens with zero attached hydrogens (tertiary/aromatic N) is 2. The van der Waals surface area contributed by atoms with Crippen LogP contribution in [-0.2, 0) is 13.6 Å². The molecule has 0 aliphatic carbocycles. The summed E-state index contributed by atoms with van der Waals surface area (Å²) >= 11 is 1.33. The predicted molar refractivity (Wildman–Crippen MR) is 91.7 cm³/mol. The van der Waals surface area contributed by atoms with Gasteiger partial charge in [-0.3, -0.25) is 9.69 Å². The molecule has 0 radical (unpaired) electrons. The first-order chi connectivity index (χ1) is 9.65. The number of benzene rings is 1. The zero-order valence-corrected chi connectivity index (χ0v) is 14.1. The van der Waals surface area contributed by atoms with Gasteiger partial charge in [0.1, 0.15) is 0 Å². The summed E-state index contributed by atoms with van der Waals surface area (Å²) in [5, 5.41) is 3.40. The summed E-state index contributed by atoms with van der Waals surface area (Å²) in [6, 6.07) is 7.05. The largest absolute Gasteiger partial charge is 0.317 e. The molecule has 21 heavy (non-hydrogen) atoms. The highest BCUT2D eigenvalue weighted by molar-refractivity contribution is 7.16. The second-order valence-electron chi connectivity index (χ2n) is 5.63. The summed E-state index contributed by atoms with van der Waals surface area (Å²) in [5.41, 5.74) is 2.33. The van der Waals surface area contributed by atoms with Crippen LogP contribution in [0.4, 0.5) is 0 Å². The number of aryl methyl sites for hydroxylation is 1. The third-order valence-electron chi connectivity index (χ3n) is 4.22. The maximum absolute atomic E-state index is 11.7. The molecule has 1 aromatic carbocycles. The highest BCUT2D eigenvalue weighted by Crippen LogP contribution is 2.20. The Balaban J connectivity index is 0.00000161. The number of hydrogen-bond acceptors (Lipinski definition) is 4. The second-order valence-corrected chi connectivity index (χ2v) is 6.62. The van der Waals surface area contributed by atoms with E-state index in [9.17, 15) is 4.79 Å². The molecule has 0 unspecified atom stereocenters. The van der Waals surface area contributed by atoms with E-state index in [4.69, 9.17) is 0 Å². The van der Waals surface area contributed by atoms with Crippen molar-refractivity contribution >= 4 is 34.0 Å². The Morgan fingerprint density at radius 1 is 1.38 bits per heavy atom. The standard InChI is InChI=1S/C15H21N3OS.ClH/c1-17(12-5-7-16-8-6-12)10-11-3-4-13-14(9-11)20-15(19)18(13)2;/h3-4,9,12,16H,5-8,10H2,1-2H3;1H. The Labute approximate surface area is 135 Å².